The summed E-state index contributed by atoms with van der Waals surface area (Å²) < 4.78 is 0. The van der Waals surface area contributed by atoms with Crippen LogP contribution in [0.25, 0.3) is 32.7 Å². The number of carbonyl (C=O) groups excluding carboxylic acids is 9. The van der Waals surface area contributed by atoms with E-state index < -0.39 is 119 Å². The summed E-state index contributed by atoms with van der Waals surface area (Å²) in [5, 5.41) is 27.9. The van der Waals surface area contributed by atoms with Crippen molar-refractivity contribution in [3.8, 4) is 0 Å². The Bertz CT molecular complexity index is 3840. The molecule has 534 valence electrons. The fourth-order valence-corrected chi connectivity index (χ4v) is 11.9. The number of benzene rings is 3. The molecule has 10 atom stereocenters. The molecule has 99 heavy (non-hydrogen) atoms. The van der Waals surface area contributed by atoms with Gasteiger partial charge in [0.2, 0.25) is 53.2 Å². The summed E-state index contributed by atoms with van der Waals surface area (Å²) in [6.07, 6.45) is 5.85. The van der Waals surface area contributed by atoms with E-state index in [4.69, 9.17) is 40.1 Å². The number of H-pyrrole nitrogens is 3. The first kappa shape index (κ1) is 75.7. The first-order valence-corrected chi connectivity index (χ1v) is 33.7. The third-order valence-corrected chi connectivity index (χ3v) is 17.6. The van der Waals surface area contributed by atoms with Crippen molar-refractivity contribution in [1.82, 2.24) is 62.8 Å². The van der Waals surface area contributed by atoms with Crippen LogP contribution in [0.4, 0.5) is 0 Å². The van der Waals surface area contributed by atoms with E-state index in [2.05, 4.69) is 77.8 Å². The summed E-state index contributed by atoms with van der Waals surface area (Å²) in [5.41, 5.74) is 44.1. The van der Waals surface area contributed by atoms with E-state index in [0.29, 0.717) is 36.0 Å². The van der Waals surface area contributed by atoms with E-state index in [1.165, 1.54) is 0 Å². The number of hydrogen-bond donors (Lipinski definition) is 19. The number of carbonyl (C=O) groups is 9. The molecule has 1 aliphatic heterocycles. The number of para-hydroxylation sites is 3. The van der Waals surface area contributed by atoms with Gasteiger partial charge in [-0.15, -0.1) is 0 Å². The van der Waals surface area contributed by atoms with Gasteiger partial charge in [-0.2, -0.15) is 0 Å². The minimum Gasteiger partial charge on any atom is -0.370 e. The van der Waals surface area contributed by atoms with Crippen molar-refractivity contribution in [1.29, 1.82) is 0 Å². The lowest BCUT2D eigenvalue weighted by atomic mass is 9.96. The standard InChI is InChI=1S/C68H98N22O9/c1-5-38(4)56-65(99)88-54(33-41-36-81-47-22-11-8-19-44(41)47)63(97)85-51(26-16-30-78-68(74)75)59(93)89-55(37(2)3)64(98)87-53(32-40-35-80-46-21-10-7-18-43(40)46)62(96)84-49(24-14-28-76-66(70)71)57(91)82-50(25-15-29-77-67(72)73)58(92)86-52(31-39-34-79-45-20-9-6-17-42(39)45)61(95)83-48(60(94)90-56)23-12-13-27-69/h6-11,17-22,34-38,48-56,79-81H,5,12-16,23-33,69H2,1-4H3,(H,82,91)(H,83,95)(H,84,96)(H,85,97)(H,86,92)(H,87,98)(H,88,99)(H,89,93)(H,90,94)(H4,70,71,76)(H4,72,73,77)(H4,74,75,78)/t38-,48-,49-,50-,51-,52-,53-,54-,55-,56-/m0/s1. The number of guanidine groups is 3. The molecule has 0 aliphatic carbocycles. The molecule has 9 amide bonds. The van der Waals surface area contributed by atoms with Crippen molar-refractivity contribution in [3.63, 3.8) is 0 Å². The molecule has 0 unspecified atom stereocenters. The van der Waals surface area contributed by atoms with Crippen LogP contribution in [-0.4, -0.2) is 167 Å². The van der Waals surface area contributed by atoms with Crippen LogP contribution in [0.5, 0.6) is 0 Å². The zero-order valence-electron chi connectivity index (χ0n) is 56.6. The average Bonchev–Trinajstić information content (AvgIpc) is 1.76. The van der Waals surface area contributed by atoms with Gasteiger partial charge in [-0.25, -0.2) is 0 Å². The van der Waals surface area contributed by atoms with E-state index in [9.17, 15) is 0 Å². The van der Waals surface area contributed by atoms with E-state index in [0.717, 1.165) is 32.7 Å². The van der Waals surface area contributed by atoms with E-state index in [1.807, 2.05) is 73.7 Å². The molecule has 7 rings (SSSR count). The summed E-state index contributed by atoms with van der Waals surface area (Å²) in [6.45, 7) is 7.20. The molecule has 1 saturated heterocycles. The van der Waals surface area contributed by atoms with Gasteiger partial charge in [0.05, 0.1) is 0 Å². The number of aromatic nitrogens is 3. The monoisotopic (exact) mass is 1370 g/mol. The summed E-state index contributed by atoms with van der Waals surface area (Å²) in [5.74, 6) is -9.28. The summed E-state index contributed by atoms with van der Waals surface area (Å²) in [7, 11) is 0. The van der Waals surface area contributed by atoms with Crippen LogP contribution in [0.2, 0.25) is 0 Å². The molecule has 0 bridgehead atoms. The lowest BCUT2D eigenvalue weighted by Crippen LogP contribution is -2.61. The number of hydrogen-bond acceptors (Lipinski definition) is 13. The van der Waals surface area contributed by atoms with Crippen LogP contribution in [0.15, 0.2) is 106 Å². The van der Waals surface area contributed by atoms with Crippen molar-refractivity contribution < 1.29 is 43.2 Å². The Morgan fingerprint density at radius 3 is 0.980 bits per heavy atom. The van der Waals surface area contributed by atoms with E-state index in [-0.39, 0.29) is 108 Å². The molecule has 4 heterocycles. The fraction of sp³-hybridized carbons (Fsp3) is 0.471. The normalized spacial score (nSPS) is 21.8. The Morgan fingerprint density at radius 1 is 0.374 bits per heavy atom. The Labute approximate surface area is 574 Å². The highest BCUT2D eigenvalue weighted by Crippen LogP contribution is 2.24. The second-order valence-electron chi connectivity index (χ2n) is 25.4. The second-order valence-corrected chi connectivity index (χ2v) is 25.4. The van der Waals surface area contributed by atoms with Gasteiger partial charge in [0.1, 0.15) is 54.4 Å². The average molecular weight is 1370 g/mol. The first-order chi connectivity index (χ1) is 47.4. The molecule has 31 heteroatoms. The molecule has 0 saturated carbocycles. The van der Waals surface area contributed by atoms with Gasteiger partial charge >= 0.3 is 0 Å². The number of fused-ring (bicyclic) bond motifs is 3. The molecular weight excluding hydrogens is 1270 g/mol. The maximum atomic E-state index is 15.3. The number of nitrogens with zero attached hydrogens (tertiary/aromatic N) is 3. The maximum Gasteiger partial charge on any atom is 0.243 e. The lowest BCUT2D eigenvalue weighted by Gasteiger charge is -2.30. The van der Waals surface area contributed by atoms with Crippen LogP contribution in [0.3, 0.4) is 0 Å². The smallest absolute Gasteiger partial charge is 0.243 e. The maximum absolute atomic E-state index is 15.3. The summed E-state index contributed by atoms with van der Waals surface area (Å²) in [4.78, 5) is 158. The highest BCUT2D eigenvalue weighted by molar-refractivity contribution is 6.00. The van der Waals surface area contributed by atoms with Crippen molar-refractivity contribution in [2.24, 2.45) is 66.9 Å². The highest BCUT2D eigenvalue weighted by atomic mass is 16.2. The number of nitrogens with two attached hydrogens (primary N) is 7. The number of aliphatic imine (C=N–C) groups is 3. The van der Waals surface area contributed by atoms with Crippen molar-refractivity contribution in [2.75, 3.05) is 26.2 Å². The van der Waals surface area contributed by atoms with Gasteiger partial charge in [0.15, 0.2) is 17.9 Å². The van der Waals surface area contributed by atoms with Crippen molar-refractivity contribution in [2.45, 2.75) is 166 Å². The topological polar surface area (TPSA) is 528 Å². The fourth-order valence-electron chi connectivity index (χ4n) is 11.9. The van der Waals surface area contributed by atoms with E-state index in [1.54, 1.807) is 45.4 Å². The molecule has 26 N–H and O–H groups in total. The molecule has 0 radical (unpaired) electrons. The minimum atomic E-state index is -1.46. The summed E-state index contributed by atoms with van der Waals surface area (Å²) >= 11 is 0. The van der Waals surface area contributed by atoms with Gasteiger partial charge in [-0.1, -0.05) is 88.7 Å². The number of rotatable bonds is 25. The zero-order chi connectivity index (χ0) is 71.7. The predicted octanol–water partition coefficient (Wildman–Crippen LogP) is -0.473. The quantitative estimate of drug-likeness (QED) is 0.0196. The minimum absolute atomic E-state index is 0.0111. The molecule has 6 aromatic rings. The predicted molar refractivity (Wildman–Crippen MR) is 380 cm³/mol. The number of unbranched alkanes of at least 4 members (excludes halogenated alkanes) is 1. The molecular formula is C68H98N22O9. The molecule has 0 spiro atoms. The van der Waals surface area contributed by atoms with Gasteiger partial charge in [0, 0.05) is 90.2 Å². The molecule has 1 aliphatic rings. The Morgan fingerprint density at radius 2 is 0.657 bits per heavy atom. The zero-order valence-corrected chi connectivity index (χ0v) is 56.6. The van der Waals surface area contributed by atoms with Gasteiger partial charge in [-0.05, 0) is 111 Å². The SMILES string of the molecule is CC[C@H](C)[C@@H]1NC(=O)[C@H](CCCCN)NC(=O)[C@H](Cc2c[nH]c3ccccc23)NC(=O)[C@H](CCCN=C(N)N)NC(=O)[C@H](CCCN=C(N)N)NC(=O)[C@H](Cc2c[nH]c3ccccc23)NC(=O)[C@H](C(C)C)NC(=O)[C@H](CCCN=C(N)N)NC(=O)[C@H](Cc2c[nH]c3ccccc23)NC1=O. The van der Waals surface area contributed by atoms with Gasteiger partial charge < -0.3 is 103 Å². The molecule has 3 aromatic carbocycles. The second kappa shape index (κ2) is 37.1. The van der Waals surface area contributed by atoms with Gasteiger partial charge in [-0.3, -0.25) is 58.1 Å². The van der Waals surface area contributed by atoms with Crippen LogP contribution >= 0.6 is 0 Å². The van der Waals surface area contributed by atoms with Crippen LogP contribution in [0, 0.1) is 11.8 Å². The summed E-state index contributed by atoms with van der Waals surface area (Å²) in [6, 6.07) is 9.24. The Balaban J connectivity index is 1.37. The molecule has 3 aromatic heterocycles. The number of amides is 9. The third kappa shape index (κ3) is 22.2. The lowest BCUT2D eigenvalue weighted by molar-refractivity contribution is -0.136. The third-order valence-electron chi connectivity index (χ3n) is 17.6. The Hall–Kier alpha value is -10.7. The number of nitrogens with one attached hydrogen (secondary N) is 12. The largest absolute Gasteiger partial charge is 0.370 e. The number of aromatic amines is 3. The van der Waals surface area contributed by atoms with E-state index >= 15 is 43.2 Å². The van der Waals surface area contributed by atoms with Crippen LogP contribution < -0.4 is 88.0 Å². The van der Waals surface area contributed by atoms with Gasteiger partial charge in [0.25, 0.3) is 0 Å². The molecule has 31 nitrogen and oxygen atoms in total. The van der Waals surface area contributed by atoms with Crippen LogP contribution in [0.1, 0.15) is 109 Å². The Kier molecular flexibility index (Phi) is 28.4. The van der Waals surface area contributed by atoms with Crippen LogP contribution in [-0.2, 0) is 62.4 Å². The highest BCUT2D eigenvalue weighted by Gasteiger charge is 2.39. The van der Waals surface area contributed by atoms with Crippen molar-refractivity contribution in [3.05, 3.63) is 108 Å². The molecule has 1 fully saturated rings. The van der Waals surface area contributed by atoms with Crippen molar-refractivity contribution >= 4 is 104 Å². The first-order valence-electron chi connectivity index (χ1n) is 33.7.